The van der Waals surface area contributed by atoms with Crippen LogP contribution in [0.3, 0.4) is 0 Å². The molecule has 0 fully saturated rings. The van der Waals surface area contributed by atoms with Gasteiger partial charge in [-0.3, -0.25) is 9.69 Å². The smallest absolute Gasteiger partial charge is 0.332 e. The molecule has 1 atom stereocenters. The molecule has 0 saturated carbocycles. The molecule has 1 aromatic rings. The minimum absolute atomic E-state index is 0.0612. The summed E-state index contributed by atoms with van der Waals surface area (Å²) in [7, 11) is 0. The van der Waals surface area contributed by atoms with Gasteiger partial charge in [-0.15, -0.1) is 0 Å². The summed E-state index contributed by atoms with van der Waals surface area (Å²) in [6.07, 6.45) is -1.23. The van der Waals surface area contributed by atoms with Gasteiger partial charge in [-0.2, -0.15) is 0 Å². The Kier molecular flexibility index (Phi) is 9.85. The van der Waals surface area contributed by atoms with E-state index in [1.54, 1.807) is 0 Å². The van der Waals surface area contributed by atoms with Crippen LogP contribution in [0.4, 0.5) is 5.69 Å². The Morgan fingerprint density at radius 2 is 1.61 bits per heavy atom. The predicted molar refractivity (Wildman–Crippen MR) is 91.7 cm³/mol. The van der Waals surface area contributed by atoms with Crippen LogP contribution in [0.5, 0.6) is 0 Å². The first kappa shape index (κ1) is 21.1. The van der Waals surface area contributed by atoms with Gasteiger partial charge in [0.2, 0.25) is 5.91 Å². The number of aliphatic hydroxyl groups is 1. The van der Waals surface area contributed by atoms with Crippen molar-refractivity contribution in [2.24, 2.45) is 0 Å². The molecule has 6 nitrogen and oxygen atoms in total. The van der Waals surface area contributed by atoms with E-state index >= 15 is 0 Å². The molecule has 0 saturated heterocycles. The molecule has 0 spiro atoms. The number of anilines is 1. The lowest BCUT2D eigenvalue weighted by atomic mass is 10.1. The van der Waals surface area contributed by atoms with E-state index in [-0.39, 0.29) is 5.91 Å². The van der Waals surface area contributed by atoms with E-state index in [4.69, 9.17) is 10.2 Å². The normalized spacial score (nSPS) is 11.4. The summed E-state index contributed by atoms with van der Waals surface area (Å²) >= 11 is 0. The van der Waals surface area contributed by atoms with Gasteiger partial charge in [0.1, 0.15) is 6.10 Å². The average Bonchev–Trinajstić information content (AvgIpc) is 2.49. The van der Waals surface area contributed by atoms with Gasteiger partial charge in [-0.25, -0.2) is 4.79 Å². The van der Waals surface area contributed by atoms with Crippen LogP contribution in [-0.2, 0) is 9.59 Å². The first-order valence-corrected chi connectivity index (χ1v) is 7.72. The fourth-order valence-electron chi connectivity index (χ4n) is 1.84. The van der Waals surface area contributed by atoms with E-state index in [9.17, 15) is 9.59 Å². The van der Waals surface area contributed by atoms with Crippen LogP contribution < -0.4 is 5.32 Å². The number of carboxylic acid groups (broad SMARTS) is 1. The highest BCUT2D eigenvalue weighted by atomic mass is 16.4. The lowest BCUT2D eigenvalue weighted by Gasteiger charge is -2.18. The topological polar surface area (TPSA) is 89.9 Å². The second-order valence-electron chi connectivity index (χ2n) is 5.29. The van der Waals surface area contributed by atoms with Crippen molar-refractivity contribution >= 4 is 17.6 Å². The van der Waals surface area contributed by atoms with E-state index in [2.05, 4.69) is 24.1 Å². The first-order chi connectivity index (χ1) is 10.7. The molecule has 0 radical (unpaired) electrons. The summed E-state index contributed by atoms with van der Waals surface area (Å²) in [5, 5.41) is 18.8. The van der Waals surface area contributed by atoms with Crippen LogP contribution >= 0.6 is 0 Å². The van der Waals surface area contributed by atoms with Gasteiger partial charge in [0.25, 0.3) is 0 Å². The number of nitrogens with zero attached hydrogens (tertiary/aromatic N) is 1. The Hall–Kier alpha value is -1.92. The predicted octanol–water partition coefficient (Wildman–Crippen LogP) is 2.04. The van der Waals surface area contributed by atoms with Crippen molar-refractivity contribution in [3.05, 3.63) is 29.3 Å². The molecule has 0 heterocycles. The number of carbonyl (C=O) groups is 2. The minimum Gasteiger partial charge on any atom is -0.479 e. The molecule has 130 valence electrons. The van der Waals surface area contributed by atoms with Gasteiger partial charge in [0, 0.05) is 5.69 Å². The van der Waals surface area contributed by atoms with Gasteiger partial charge >= 0.3 is 5.97 Å². The first-order valence-electron chi connectivity index (χ1n) is 7.72. The lowest BCUT2D eigenvalue weighted by molar-refractivity contribution is -0.145. The van der Waals surface area contributed by atoms with Crippen LogP contribution in [-0.4, -0.2) is 52.7 Å². The molecule has 0 aliphatic carbocycles. The minimum atomic E-state index is -1.23. The number of carbonyl (C=O) groups excluding carboxylic acids is 1. The van der Waals surface area contributed by atoms with Crippen LogP contribution in [0.1, 0.15) is 31.9 Å². The standard InChI is InChI=1S/C14H22N2O.C3H6O3/c1-5-16(6-2)10-13(17)15-14-11(3)8-7-9-12(14)4;1-2(4)3(5)6/h7-9H,5-6,10H2,1-4H3,(H,15,17);2,4H,1H3,(H,5,6). The number of rotatable bonds is 6. The van der Waals surface area contributed by atoms with Crippen molar-refractivity contribution in [3.8, 4) is 0 Å². The Morgan fingerprint density at radius 3 is 1.96 bits per heavy atom. The maximum atomic E-state index is 11.9. The zero-order chi connectivity index (χ0) is 18.0. The molecular weight excluding hydrogens is 296 g/mol. The summed E-state index contributed by atoms with van der Waals surface area (Å²) < 4.78 is 0. The van der Waals surface area contributed by atoms with Gasteiger partial charge in [0.15, 0.2) is 0 Å². The monoisotopic (exact) mass is 324 g/mol. The van der Waals surface area contributed by atoms with Crippen molar-refractivity contribution in [2.75, 3.05) is 25.0 Å². The summed E-state index contributed by atoms with van der Waals surface area (Å²) in [4.78, 5) is 23.4. The van der Waals surface area contributed by atoms with E-state index in [0.29, 0.717) is 6.54 Å². The number of aryl methyl sites for hydroxylation is 2. The third-order valence-electron chi connectivity index (χ3n) is 3.36. The molecule has 1 unspecified atom stereocenters. The molecule has 0 bridgehead atoms. The average molecular weight is 324 g/mol. The largest absolute Gasteiger partial charge is 0.479 e. The molecule has 0 aliphatic heterocycles. The second kappa shape index (κ2) is 10.7. The third kappa shape index (κ3) is 8.32. The third-order valence-corrected chi connectivity index (χ3v) is 3.36. The SMILES string of the molecule is CC(O)C(=O)O.CCN(CC)CC(=O)Nc1c(C)cccc1C. The second-order valence-corrected chi connectivity index (χ2v) is 5.29. The lowest BCUT2D eigenvalue weighted by Crippen LogP contribution is -2.33. The van der Waals surface area contributed by atoms with Crippen LogP contribution in [0, 0.1) is 13.8 Å². The fourth-order valence-corrected chi connectivity index (χ4v) is 1.84. The van der Waals surface area contributed by atoms with Crippen molar-refractivity contribution in [1.29, 1.82) is 0 Å². The highest BCUT2D eigenvalue weighted by Gasteiger charge is 2.10. The molecule has 1 amide bonds. The van der Waals surface area contributed by atoms with E-state index < -0.39 is 12.1 Å². The Morgan fingerprint density at radius 1 is 1.17 bits per heavy atom. The van der Waals surface area contributed by atoms with Crippen molar-refractivity contribution in [2.45, 2.75) is 40.7 Å². The Bertz CT molecular complexity index is 491. The molecule has 0 aromatic heterocycles. The molecule has 6 heteroatoms. The Labute approximate surface area is 138 Å². The summed E-state index contributed by atoms with van der Waals surface area (Å²) in [5.74, 6) is -1.12. The number of likely N-dealkylation sites (N-methyl/N-ethyl adjacent to an activating group) is 1. The quantitative estimate of drug-likeness (QED) is 0.745. The highest BCUT2D eigenvalue weighted by molar-refractivity contribution is 5.93. The van der Waals surface area contributed by atoms with Crippen molar-refractivity contribution < 1.29 is 19.8 Å². The molecule has 1 aromatic carbocycles. The summed E-state index contributed by atoms with van der Waals surface area (Å²) in [6, 6.07) is 6.03. The summed E-state index contributed by atoms with van der Waals surface area (Å²) in [5.41, 5.74) is 3.17. The van der Waals surface area contributed by atoms with Crippen molar-refractivity contribution in [1.82, 2.24) is 4.90 Å². The van der Waals surface area contributed by atoms with Crippen LogP contribution in [0.25, 0.3) is 0 Å². The fraction of sp³-hybridized carbons (Fsp3) is 0.529. The number of benzene rings is 1. The number of amides is 1. The number of hydrogen-bond acceptors (Lipinski definition) is 4. The number of para-hydroxylation sites is 1. The Balaban J connectivity index is 0.000000688. The van der Waals surface area contributed by atoms with Crippen LogP contribution in [0.15, 0.2) is 18.2 Å². The van der Waals surface area contributed by atoms with Gasteiger partial charge in [-0.1, -0.05) is 32.0 Å². The molecule has 1 rings (SSSR count). The van der Waals surface area contributed by atoms with Crippen molar-refractivity contribution in [3.63, 3.8) is 0 Å². The van der Waals surface area contributed by atoms with E-state index in [0.717, 1.165) is 29.9 Å². The van der Waals surface area contributed by atoms with E-state index in [1.807, 2.05) is 32.0 Å². The number of aliphatic hydroxyl groups excluding tert-OH is 1. The zero-order valence-corrected chi connectivity index (χ0v) is 14.6. The number of carboxylic acids is 1. The maximum absolute atomic E-state index is 11.9. The molecule has 3 N–H and O–H groups in total. The highest BCUT2D eigenvalue weighted by Crippen LogP contribution is 2.19. The van der Waals surface area contributed by atoms with Gasteiger partial charge < -0.3 is 15.5 Å². The molecule has 23 heavy (non-hydrogen) atoms. The number of aliphatic carboxylic acids is 1. The maximum Gasteiger partial charge on any atom is 0.332 e. The number of hydrogen-bond donors (Lipinski definition) is 3. The molecular formula is C17H28N2O4. The van der Waals surface area contributed by atoms with Crippen LogP contribution in [0.2, 0.25) is 0 Å². The van der Waals surface area contributed by atoms with Gasteiger partial charge in [-0.05, 0) is 45.0 Å². The van der Waals surface area contributed by atoms with Gasteiger partial charge in [0.05, 0.1) is 6.54 Å². The summed E-state index contributed by atoms with van der Waals surface area (Å²) in [6.45, 7) is 11.6. The van der Waals surface area contributed by atoms with E-state index in [1.165, 1.54) is 6.92 Å². The zero-order valence-electron chi connectivity index (χ0n) is 14.6. The number of nitrogens with one attached hydrogen (secondary N) is 1. The molecule has 0 aliphatic rings.